The van der Waals surface area contributed by atoms with Crippen LogP contribution in [0.15, 0.2) is 71.6 Å². The number of aryl methyl sites for hydroxylation is 1. The molecule has 2 amide bonds. The molecule has 0 bridgehead atoms. The summed E-state index contributed by atoms with van der Waals surface area (Å²) in [6.07, 6.45) is 0. The third-order valence-corrected chi connectivity index (χ3v) is 5.61. The fraction of sp³-hybridized carbons (Fsp3) is 0.0476. The maximum Gasteiger partial charge on any atom is 0.269 e. The highest BCUT2D eigenvalue weighted by Gasteiger charge is 2.17. The third kappa shape index (κ3) is 5.43. The standard InChI is InChI=1S/C21H17F2N3O4S/c1-13-5-10-18(12-19(13)23)31(29,30)26-17-4-2-3-15(11-17)21(28)25-24-20(27)14-6-8-16(22)9-7-14/h2-12,26H,1H3,(H,24,27)(H,25,28). The second-order valence-electron chi connectivity index (χ2n) is 6.51. The van der Waals surface area contributed by atoms with Gasteiger partial charge in [0.25, 0.3) is 21.8 Å². The van der Waals surface area contributed by atoms with Crippen molar-refractivity contribution in [3.63, 3.8) is 0 Å². The van der Waals surface area contributed by atoms with Crippen molar-refractivity contribution in [2.75, 3.05) is 4.72 Å². The number of carbonyl (C=O) groups excluding carboxylic acids is 2. The van der Waals surface area contributed by atoms with Gasteiger partial charge in [-0.2, -0.15) is 0 Å². The highest BCUT2D eigenvalue weighted by molar-refractivity contribution is 7.92. The molecule has 0 atom stereocenters. The molecule has 3 aromatic carbocycles. The van der Waals surface area contributed by atoms with Crippen LogP contribution < -0.4 is 15.6 Å². The number of hydrogen-bond acceptors (Lipinski definition) is 4. The number of sulfonamides is 1. The number of hydrazine groups is 1. The molecule has 0 saturated carbocycles. The minimum atomic E-state index is -4.08. The van der Waals surface area contributed by atoms with E-state index < -0.39 is 33.5 Å². The summed E-state index contributed by atoms with van der Waals surface area (Å²) in [5, 5.41) is 0. The Kier molecular flexibility index (Phi) is 6.30. The Bertz CT molecular complexity index is 1250. The van der Waals surface area contributed by atoms with Crippen molar-refractivity contribution in [2.24, 2.45) is 0 Å². The van der Waals surface area contributed by atoms with Crippen LogP contribution in [-0.2, 0) is 10.0 Å². The second-order valence-corrected chi connectivity index (χ2v) is 8.19. The summed E-state index contributed by atoms with van der Waals surface area (Å²) in [6.45, 7) is 1.51. The molecular formula is C21H17F2N3O4S. The van der Waals surface area contributed by atoms with Gasteiger partial charge in [-0.05, 0) is 67.1 Å². The predicted molar refractivity (Wildman–Crippen MR) is 110 cm³/mol. The quantitative estimate of drug-likeness (QED) is 0.525. The smallest absolute Gasteiger partial charge is 0.269 e. The molecule has 0 heterocycles. The number of amides is 2. The molecule has 0 aliphatic heterocycles. The van der Waals surface area contributed by atoms with Crippen LogP contribution in [0.2, 0.25) is 0 Å². The van der Waals surface area contributed by atoms with Gasteiger partial charge < -0.3 is 0 Å². The van der Waals surface area contributed by atoms with E-state index in [9.17, 15) is 26.8 Å². The summed E-state index contributed by atoms with van der Waals surface area (Å²) in [4.78, 5) is 24.0. The molecule has 0 unspecified atom stereocenters. The zero-order chi connectivity index (χ0) is 22.6. The number of carbonyl (C=O) groups is 2. The molecule has 3 N–H and O–H groups in total. The molecule has 0 saturated heterocycles. The number of rotatable bonds is 5. The first kappa shape index (κ1) is 21.9. The lowest BCUT2D eigenvalue weighted by atomic mass is 10.2. The lowest BCUT2D eigenvalue weighted by molar-refractivity contribution is 0.0846. The summed E-state index contributed by atoms with van der Waals surface area (Å²) < 4.78 is 53.9. The normalized spacial score (nSPS) is 10.9. The zero-order valence-corrected chi connectivity index (χ0v) is 17.0. The van der Waals surface area contributed by atoms with E-state index in [1.165, 1.54) is 55.5 Å². The van der Waals surface area contributed by atoms with Gasteiger partial charge in [0.2, 0.25) is 0 Å². The van der Waals surface area contributed by atoms with Crippen LogP contribution in [0.3, 0.4) is 0 Å². The van der Waals surface area contributed by atoms with Gasteiger partial charge in [0.1, 0.15) is 11.6 Å². The van der Waals surface area contributed by atoms with Crippen LogP contribution in [0, 0.1) is 18.6 Å². The van der Waals surface area contributed by atoms with Crippen LogP contribution in [-0.4, -0.2) is 20.2 Å². The molecule has 3 aromatic rings. The first-order valence-corrected chi connectivity index (χ1v) is 10.4. The SMILES string of the molecule is Cc1ccc(S(=O)(=O)Nc2cccc(C(=O)NNC(=O)c3ccc(F)cc3)c2)cc1F. The number of halogens is 2. The van der Waals surface area contributed by atoms with E-state index in [0.717, 1.165) is 18.2 Å². The van der Waals surface area contributed by atoms with Crippen molar-refractivity contribution in [2.45, 2.75) is 11.8 Å². The monoisotopic (exact) mass is 445 g/mol. The minimum Gasteiger partial charge on any atom is -0.280 e. The molecule has 10 heteroatoms. The number of benzene rings is 3. The first-order valence-electron chi connectivity index (χ1n) is 8.91. The Balaban J connectivity index is 1.69. The molecule has 160 valence electrons. The molecule has 0 radical (unpaired) electrons. The van der Waals surface area contributed by atoms with Crippen molar-refractivity contribution >= 4 is 27.5 Å². The van der Waals surface area contributed by atoms with Gasteiger partial charge in [-0.25, -0.2) is 17.2 Å². The molecule has 7 nitrogen and oxygen atoms in total. The molecular weight excluding hydrogens is 428 g/mol. The number of nitrogens with one attached hydrogen (secondary N) is 3. The van der Waals surface area contributed by atoms with Crippen molar-refractivity contribution in [3.8, 4) is 0 Å². The number of anilines is 1. The average Bonchev–Trinajstić information content (AvgIpc) is 2.74. The molecule has 0 aliphatic rings. The Morgan fingerprint density at radius 1 is 0.806 bits per heavy atom. The maximum absolute atomic E-state index is 13.7. The number of hydrogen-bond donors (Lipinski definition) is 3. The van der Waals surface area contributed by atoms with Crippen molar-refractivity contribution in [1.29, 1.82) is 0 Å². The van der Waals surface area contributed by atoms with Gasteiger partial charge in [0.15, 0.2) is 0 Å². The zero-order valence-electron chi connectivity index (χ0n) is 16.1. The summed E-state index contributed by atoms with van der Waals surface area (Å²) in [7, 11) is -4.08. The fourth-order valence-corrected chi connectivity index (χ4v) is 3.60. The van der Waals surface area contributed by atoms with Gasteiger partial charge in [-0.1, -0.05) is 12.1 Å². The van der Waals surface area contributed by atoms with E-state index in [0.29, 0.717) is 5.56 Å². The molecule has 0 aromatic heterocycles. The summed E-state index contributed by atoms with van der Waals surface area (Å²) in [5.41, 5.74) is 4.93. The molecule has 0 aliphatic carbocycles. The van der Waals surface area contributed by atoms with Gasteiger partial charge in [-0.3, -0.25) is 25.2 Å². The second kappa shape index (κ2) is 8.92. The van der Waals surface area contributed by atoms with Crippen molar-refractivity contribution < 1.29 is 26.8 Å². The predicted octanol–water partition coefficient (Wildman–Crippen LogP) is 3.15. The van der Waals surface area contributed by atoms with Crippen LogP contribution in [0.4, 0.5) is 14.5 Å². The Labute approximate surface area is 177 Å². The highest BCUT2D eigenvalue weighted by Crippen LogP contribution is 2.19. The molecule has 3 rings (SSSR count). The molecule has 31 heavy (non-hydrogen) atoms. The highest BCUT2D eigenvalue weighted by atomic mass is 32.2. The first-order chi connectivity index (χ1) is 14.7. The summed E-state index contributed by atoms with van der Waals surface area (Å²) in [6, 6.07) is 13.7. The van der Waals surface area contributed by atoms with E-state index >= 15 is 0 Å². The van der Waals surface area contributed by atoms with E-state index in [4.69, 9.17) is 0 Å². The molecule has 0 spiro atoms. The van der Waals surface area contributed by atoms with Gasteiger partial charge in [0.05, 0.1) is 4.90 Å². The van der Waals surface area contributed by atoms with E-state index in [2.05, 4.69) is 15.6 Å². The largest absolute Gasteiger partial charge is 0.280 e. The van der Waals surface area contributed by atoms with Gasteiger partial charge in [-0.15, -0.1) is 0 Å². The van der Waals surface area contributed by atoms with Crippen LogP contribution in [0.1, 0.15) is 26.3 Å². The lowest BCUT2D eigenvalue weighted by Crippen LogP contribution is -2.41. The van der Waals surface area contributed by atoms with E-state index in [-0.39, 0.29) is 21.7 Å². The van der Waals surface area contributed by atoms with Gasteiger partial charge >= 0.3 is 0 Å². The minimum absolute atomic E-state index is 0.0506. The topological polar surface area (TPSA) is 104 Å². The van der Waals surface area contributed by atoms with Gasteiger partial charge in [0, 0.05) is 16.8 Å². The van der Waals surface area contributed by atoms with Crippen LogP contribution in [0.5, 0.6) is 0 Å². The average molecular weight is 445 g/mol. The lowest BCUT2D eigenvalue weighted by Gasteiger charge is -2.11. The van der Waals surface area contributed by atoms with E-state index in [1.807, 2.05) is 0 Å². The molecule has 0 fully saturated rings. The van der Waals surface area contributed by atoms with Crippen LogP contribution >= 0.6 is 0 Å². The summed E-state index contributed by atoms with van der Waals surface area (Å²) >= 11 is 0. The Morgan fingerprint density at radius 2 is 1.45 bits per heavy atom. The maximum atomic E-state index is 13.7. The third-order valence-electron chi connectivity index (χ3n) is 4.23. The van der Waals surface area contributed by atoms with Crippen molar-refractivity contribution in [1.82, 2.24) is 10.9 Å². The Hall–Kier alpha value is -3.79. The van der Waals surface area contributed by atoms with E-state index in [1.54, 1.807) is 0 Å². The fourth-order valence-electron chi connectivity index (χ4n) is 2.54. The van der Waals surface area contributed by atoms with Crippen LogP contribution in [0.25, 0.3) is 0 Å². The van der Waals surface area contributed by atoms with Crippen molar-refractivity contribution in [3.05, 3.63) is 95.1 Å². The Morgan fingerprint density at radius 3 is 2.10 bits per heavy atom. The summed E-state index contributed by atoms with van der Waals surface area (Å²) in [5.74, 6) is -2.54.